The molecule has 1 fully saturated rings. The maximum Gasteiger partial charge on any atom is 0.126 e. The van der Waals surface area contributed by atoms with Gasteiger partial charge in [-0.3, -0.25) is 4.68 Å². The van der Waals surface area contributed by atoms with Crippen LogP contribution < -0.4 is 5.32 Å². The highest BCUT2D eigenvalue weighted by molar-refractivity contribution is 5.35. The lowest BCUT2D eigenvalue weighted by molar-refractivity contribution is 0.305. The smallest absolute Gasteiger partial charge is 0.126 e. The van der Waals surface area contributed by atoms with E-state index in [1.165, 1.54) is 19.5 Å². The van der Waals surface area contributed by atoms with Crippen LogP contribution in [0.2, 0.25) is 0 Å². The largest absolute Gasteiger partial charge is 0.370 e. The van der Waals surface area contributed by atoms with Crippen LogP contribution in [-0.4, -0.2) is 45.8 Å². The van der Waals surface area contributed by atoms with E-state index in [1.54, 1.807) is 0 Å². The van der Waals surface area contributed by atoms with Crippen molar-refractivity contribution in [2.24, 2.45) is 5.92 Å². The Kier molecular flexibility index (Phi) is 4.50. The summed E-state index contributed by atoms with van der Waals surface area (Å²) in [5.41, 5.74) is 1.06. The van der Waals surface area contributed by atoms with E-state index < -0.39 is 0 Å². The second kappa shape index (κ2) is 6.72. The molecule has 1 atom stereocenters. The zero-order valence-corrected chi connectivity index (χ0v) is 12.6. The van der Waals surface area contributed by atoms with Gasteiger partial charge in [0.2, 0.25) is 0 Å². The van der Waals surface area contributed by atoms with Gasteiger partial charge >= 0.3 is 0 Å². The number of hydrogen-bond acceptors (Lipinski definition) is 4. The molecule has 5 heteroatoms. The molecule has 112 valence electrons. The van der Waals surface area contributed by atoms with Crippen molar-refractivity contribution in [3.63, 3.8) is 0 Å². The van der Waals surface area contributed by atoms with E-state index in [0.29, 0.717) is 5.92 Å². The van der Waals surface area contributed by atoms with Crippen LogP contribution in [0.25, 0.3) is 0 Å². The molecule has 0 spiro atoms. The lowest BCUT2D eigenvalue weighted by Crippen LogP contribution is -2.26. The summed E-state index contributed by atoms with van der Waals surface area (Å²) in [6.07, 6.45) is 5.13. The van der Waals surface area contributed by atoms with Gasteiger partial charge in [-0.05, 0) is 44.0 Å². The van der Waals surface area contributed by atoms with Crippen LogP contribution in [-0.2, 0) is 6.54 Å². The summed E-state index contributed by atoms with van der Waals surface area (Å²) in [4.78, 5) is 7.01. The highest BCUT2D eigenvalue weighted by Crippen LogP contribution is 2.16. The minimum absolute atomic E-state index is 0.713. The van der Waals surface area contributed by atoms with Crippen molar-refractivity contribution in [3.05, 3.63) is 42.4 Å². The van der Waals surface area contributed by atoms with E-state index in [0.717, 1.165) is 31.1 Å². The summed E-state index contributed by atoms with van der Waals surface area (Å²) >= 11 is 0. The molecule has 0 unspecified atom stereocenters. The Morgan fingerprint density at radius 1 is 1.29 bits per heavy atom. The fraction of sp³-hybridized carbons (Fsp3) is 0.500. The quantitative estimate of drug-likeness (QED) is 0.882. The molecular formula is C16H23N5. The van der Waals surface area contributed by atoms with Gasteiger partial charge in [-0.1, -0.05) is 6.07 Å². The Morgan fingerprint density at radius 3 is 3.05 bits per heavy atom. The fourth-order valence-corrected chi connectivity index (χ4v) is 2.85. The molecule has 0 aromatic carbocycles. The van der Waals surface area contributed by atoms with Crippen LogP contribution in [0.15, 0.2) is 36.7 Å². The highest BCUT2D eigenvalue weighted by atomic mass is 15.3. The second-order valence-corrected chi connectivity index (χ2v) is 5.77. The average molecular weight is 285 g/mol. The van der Waals surface area contributed by atoms with Gasteiger partial charge in [0, 0.05) is 37.7 Å². The van der Waals surface area contributed by atoms with Gasteiger partial charge in [0.1, 0.15) is 5.82 Å². The summed E-state index contributed by atoms with van der Waals surface area (Å²) in [6.45, 7) is 7.45. The predicted molar refractivity (Wildman–Crippen MR) is 84.2 cm³/mol. The molecule has 2 aromatic rings. The number of likely N-dealkylation sites (tertiary alicyclic amines) is 1. The van der Waals surface area contributed by atoms with Gasteiger partial charge in [-0.25, -0.2) is 4.98 Å². The van der Waals surface area contributed by atoms with Crippen molar-refractivity contribution in [3.8, 4) is 0 Å². The van der Waals surface area contributed by atoms with Crippen molar-refractivity contribution in [1.82, 2.24) is 19.7 Å². The minimum Gasteiger partial charge on any atom is -0.370 e. The molecule has 0 radical (unpaired) electrons. The van der Waals surface area contributed by atoms with Gasteiger partial charge < -0.3 is 10.2 Å². The summed E-state index contributed by atoms with van der Waals surface area (Å²) in [5.74, 6) is 1.70. The van der Waals surface area contributed by atoms with Crippen molar-refractivity contribution in [2.45, 2.75) is 19.9 Å². The molecule has 1 aliphatic rings. The number of nitrogens with zero attached hydrogens (tertiary/aromatic N) is 4. The van der Waals surface area contributed by atoms with Crippen LogP contribution in [0.4, 0.5) is 5.82 Å². The number of pyridine rings is 1. The first kappa shape index (κ1) is 14.1. The van der Waals surface area contributed by atoms with Crippen molar-refractivity contribution in [1.29, 1.82) is 0 Å². The van der Waals surface area contributed by atoms with E-state index in [-0.39, 0.29) is 0 Å². The standard InChI is InChI=1S/C16H23N5/c1-14-4-2-5-16(19-14)17-12-15-6-9-20(13-15)10-11-21-8-3-7-18-21/h2-5,7-8,15H,6,9-13H2,1H3,(H,17,19)/t15-/m0/s1. The summed E-state index contributed by atoms with van der Waals surface area (Å²) in [5, 5.41) is 7.71. The second-order valence-electron chi connectivity index (χ2n) is 5.77. The molecule has 3 rings (SSSR count). The van der Waals surface area contributed by atoms with Gasteiger partial charge in [0.05, 0.1) is 6.54 Å². The van der Waals surface area contributed by atoms with E-state index in [1.807, 2.05) is 42.2 Å². The van der Waals surface area contributed by atoms with E-state index >= 15 is 0 Å². The number of aromatic nitrogens is 3. The summed E-state index contributed by atoms with van der Waals surface area (Å²) < 4.78 is 2.00. The number of anilines is 1. The zero-order valence-electron chi connectivity index (χ0n) is 12.6. The maximum atomic E-state index is 4.49. The molecule has 21 heavy (non-hydrogen) atoms. The molecular weight excluding hydrogens is 262 g/mol. The molecule has 1 N–H and O–H groups in total. The normalized spacial score (nSPS) is 19.0. The van der Waals surface area contributed by atoms with E-state index in [4.69, 9.17) is 0 Å². The first-order chi connectivity index (χ1) is 10.3. The van der Waals surface area contributed by atoms with Gasteiger partial charge in [-0.2, -0.15) is 5.10 Å². The van der Waals surface area contributed by atoms with Crippen molar-refractivity contribution >= 4 is 5.82 Å². The van der Waals surface area contributed by atoms with Crippen LogP contribution >= 0.6 is 0 Å². The third-order valence-electron chi connectivity index (χ3n) is 4.03. The SMILES string of the molecule is Cc1cccc(NC[C@@H]2CCN(CCn3cccn3)C2)n1. The minimum atomic E-state index is 0.713. The molecule has 1 aliphatic heterocycles. The van der Waals surface area contributed by atoms with Crippen LogP contribution in [0.1, 0.15) is 12.1 Å². The first-order valence-corrected chi connectivity index (χ1v) is 7.67. The predicted octanol–water partition coefficient (Wildman–Crippen LogP) is 2.02. The summed E-state index contributed by atoms with van der Waals surface area (Å²) in [6, 6.07) is 8.09. The lowest BCUT2D eigenvalue weighted by atomic mass is 10.1. The third kappa shape index (κ3) is 4.04. The number of hydrogen-bond donors (Lipinski definition) is 1. The molecule has 0 bridgehead atoms. The molecule has 2 aromatic heterocycles. The summed E-state index contributed by atoms with van der Waals surface area (Å²) in [7, 11) is 0. The molecule has 0 aliphatic carbocycles. The topological polar surface area (TPSA) is 46.0 Å². The monoisotopic (exact) mass is 285 g/mol. The molecule has 0 amide bonds. The van der Waals surface area contributed by atoms with Gasteiger partial charge in [0.15, 0.2) is 0 Å². The Morgan fingerprint density at radius 2 is 2.24 bits per heavy atom. The van der Waals surface area contributed by atoms with E-state index in [2.05, 4.69) is 26.4 Å². The molecule has 0 saturated carbocycles. The van der Waals surface area contributed by atoms with E-state index in [9.17, 15) is 0 Å². The van der Waals surface area contributed by atoms with Crippen LogP contribution in [0.5, 0.6) is 0 Å². The Hall–Kier alpha value is -1.88. The van der Waals surface area contributed by atoms with Gasteiger partial charge in [-0.15, -0.1) is 0 Å². The fourth-order valence-electron chi connectivity index (χ4n) is 2.85. The Balaban J connectivity index is 1.40. The third-order valence-corrected chi connectivity index (χ3v) is 4.03. The molecule has 1 saturated heterocycles. The number of aryl methyl sites for hydroxylation is 1. The molecule has 3 heterocycles. The van der Waals surface area contributed by atoms with Crippen molar-refractivity contribution in [2.75, 3.05) is 31.5 Å². The Labute approximate surface area is 126 Å². The van der Waals surface area contributed by atoms with Crippen molar-refractivity contribution < 1.29 is 0 Å². The number of rotatable bonds is 6. The van der Waals surface area contributed by atoms with Crippen LogP contribution in [0, 0.1) is 12.8 Å². The van der Waals surface area contributed by atoms with Gasteiger partial charge in [0.25, 0.3) is 0 Å². The maximum absolute atomic E-state index is 4.49. The van der Waals surface area contributed by atoms with Crippen LogP contribution in [0.3, 0.4) is 0 Å². The highest BCUT2D eigenvalue weighted by Gasteiger charge is 2.21. The Bertz CT molecular complexity index is 552. The first-order valence-electron chi connectivity index (χ1n) is 7.67. The lowest BCUT2D eigenvalue weighted by Gasteiger charge is -2.16. The average Bonchev–Trinajstić information content (AvgIpc) is 3.15. The number of nitrogens with one attached hydrogen (secondary N) is 1. The molecule has 5 nitrogen and oxygen atoms in total. The zero-order chi connectivity index (χ0) is 14.5.